The van der Waals surface area contributed by atoms with E-state index in [2.05, 4.69) is 22.9 Å². The maximum atomic E-state index is 12.8. The Bertz CT molecular complexity index is 677. The normalized spacial score (nSPS) is 12.5. The molecule has 0 aliphatic rings. The van der Waals surface area contributed by atoms with Crippen molar-refractivity contribution < 1.29 is 19.2 Å². The molecule has 0 bridgehead atoms. The second-order valence-electron chi connectivity index (χ2n) is 10.9. The first-order valence-electron chi connectivity index (χ1n) is 15.9. The molecule has 0 unspecified atom stereocenters. The van der Waals surface area contributed by atoms with E-state index in [4.69, 9.17) is 17.2 Å². The molecule has 0 heterocycles. The van der Waals surface area contributed by atoms with E-state index in [1.54, 1.807) is 0 Å². The van der Waals surface area contributed by atoms with Crippen LogP contribution in [-0.2, 0) is 19.2 Å². The van der Waals surface area contributed by atoms with E-state index in [0.29, 0.717) is 45.2 Å². The van der Waals surface area contributed by atoms with Gasteiger partial charge in [-0.2, -0.15) is 0 Å². The van der Waals surface area contributed by atoms with Crippen molar-refractivity contribution in [2.75, 3.05) is 19.6 Å². The van der Waals surface area contributed by atoms with E-state index in [9.17, 15) is 19.2 Å². The molecule has 0 fully saturated rings. The number of nitrogens with one attached hydrogen (secondary N) is 3. The van der Waals surface area contributed by atoms with Gasteiger partial charge in [-0.3, -0.25) is 19.2 Å². The van der Waals surface area contributed by atoms with Crippen molar-refractivity contribution in [1.82, 2.24) is 16.0 Å². The number of carbonyl (C=O) groups is 4. The van der Waals surface area contributed by atoms with Crippen LogP contribution >= 0.6 is 0 Å². The zero-order chi connectivity index (χ0) is 29.8. The molecule has 0 aliphatic heterocycles. The largest absolute Gasteiger partial charge is 0.368 e. The van der Waals surface area contributed by atoms with Crippen molar-refractivity contribution in [3.05, 3.63) is 0 Å². The molecule has 10 nitrogen and oxygen atoms in total. The zero-order valence-electron chi connectivity index (χ0n) is 25.3. The van der Waals surface area contributed by atoms with Gasteiger partial charge < -0.3 is 33.2 Å². The lowest BCUT2D eigenvalue weighted by Gasteiger charge is -2.19. The fourth-order valence-corrected chi connectivity index (χ4v) is 4.65. The first-order valence-corrected chi connectivity index (χ1v) is 15.9. The van der Waals surface area contributed by atoms with E-state index in [-0.39, 0.29) is 12.5 Å². The molecule has 0 aromatic carbocycles. The third-order valence-corrected chi connectivity index (χ3v) is 7.15. The Kier molecular flexibility index (Phi) is 25.5. The van der Waals surface area contributed by atoms with Crippen molar-refractivity contribution >= 4 is 23.6 Å². The van der Waals surface area contributed by atoms with Gasteiger partial charge in [0.2, 0.25) is 23.6 Å². The smallest absolute Gasteiger partial charge is 0.243 e. The van der Waals surface area contributed by atoms with Crippen LogP contribution in [0.5, 0.6) is 0 Å². The second-order valence-corrected chi connectivity index (χ2v) is 10.9. The molecule has 2 atom stereocenters. The molecule has 9 N–H and O–H groups in total. The van der Waals surface area contributed by atoms with Crippen LogP contribution in [0.4, 0.5) is 0 Å². The van der Waals surface area contributed by atoms with Crippen LogP contribution in [0.2, 0.25) is 0 Å². The van der Waals surface area contributed by atoms with Crippen LogP contribution in [-0.4, -0.2) is 55.3 Å². The van der Waals surface area contributed by atoms with Crippen LogP contribution in [0.15, 0.2) is 0 Å². The maximum Gasteiger partial charge on any atom is 0.243 e. The van der Waals surface area contributed by atoms with Crippen LogP contribution in [0.25, 0.3) is 0 Å². The van der Waals surface area contributed by atoms with Crippen LogP contribution < -0.4 is 33.2 Å². The van der Waals surface area contributed by atoms with Gasteiger partial charge in [0.25, 0.3) is 0 Å². The summed E-state index contributed by atoms with van der Waals surface area (Å²) >= 11 is 0. The van der Waals surface area contributed by atoms with Gasteiger partial charge >= 0.3 is 0 Å². The molecule has 0 aromatic heterocycles. The van der Waals surface area contributed by atoms with Crippen molar-refractivity contribution in [1.29, 1.82) is 0 Å². The second kappa shape index (κ2) is 27.0. The fraction of sp³-hybridized carbons (Fsp3) is 0.867. The summed E-state index contributed by atoms with van der Waals surface area (Å²) in [6, 6.07) is -1.54. The highest BCUT2D eigenvalue weighted by atomic mass is 16.2. The first kappa shape index (κ1) is 37.8. The van der Waals surface area contributed by atoms with Gasteiger partial charge in [0.05, 0.1) is 6.54 Å². The van der Waals surface area contributed by atoms with Crippen molar-refractivity contribution in [3.63, 3.8) is 0 Å². The molecule has 234 valence electrons. The molecule has 0 aromatic rings. The van der Waals surface area contributed by atoms with Crippen LogP contribution in [0.3, 0.4) is 0 Å². The molecule has 0 saturated heterocycles. The summed E-state index contributed by atoms with van der Waals surface area (Å²) < 4.78 is 0. The molecule has 4 amide bonds. The standard InChI is InChI=1S/C30H60N6O4/c1-2-3-4-5-6-7-8-9-10-11-12-13-14-21-27(37)36-26(20-16-18-23-32)30(40)34-24-28(38)35-25(29(33)39)19-15-17-22-31/h25-26H,2-24,31-32H2,1H3,(H2,33,39)(H,34,40)(H,35,38)(H,36,37)/t25-,26-/m0/s1. The van der Waals surface area contributed by atoms with Crippen LogP contribution in [0, 0.1) is 0 Å². The van der Waals surface area contributed by atoms with Gasteiger partial charge in [-0.1, -0.05) is 84.0 Å². The third-order valence-electron chi connectivity index (χ3n) is 7.15. The summed E-state index contributed by atoms with van der Waals surface area (Å²) in [5, 5.41) is 7.96. The molecule has 10 heteroatoms. The Hall–Kier alpha value is -2.20. The van der Waals surface area contributed by atoms with Gasteiger partial charge in [-0.25, -0.2) is 0 Å². The van der Waals surface area contributed by atoms with E-state index >= 15 is 0 Å². The van der Waals surface area contributed by atoms with Gasteiger partial charge in [-0.15, -0.1) is 0 Å². The fourth-order valence-electron chi connectivity index (χ4n) is 4.65. The van der Waals surface area contributed by atoms with Gasteiger partial charge in [-0.05, 0) is 58.0 Å². The Morgan fingerprint density at radius 1 is 0.575 bits per heavy atom. The van der Waals surface area contributed by atoms with Crippen molar-refractivity contribution in [2.45, 2.75) is 147 Å². The van der Waals surface area contributed by atoms with Gasteiger partial charge in [0, 0.05) is 6.42 Å². The summed E-state index contributed by atoms with van der Waals surface area (Å²) in [5.74, 6) is -1.72. The lowest BCUT2D eigenvalue weighted by molar-refractivity contribution is -0.131. The topological polar surface area (TPSA) is 182 Å². The molecule has 0 rings (SSSR count). The van der Waals surface area contributed by atoms with Crippen LogP contribution in [0.1, 0.15) is 135 Å². The lowest BCUT2D eigenvalue weighted by atomic mass is 10.0. The van der Waals surface area contributed by atoms with E-state index in [1.165, 1.54) is 64.2 Å². The minimum absolute atomic E-state index is 0.158. The van der Waals surface area contributed by atoms with Crippen molar-refractivity contribution in [3.8, 4) is 0 Å². The lowest BCUT2D eigenvalue weighted by Crippen LogP contribution is -2.51. The summed E-state index contributed by atoms with van der Waals surface area (Å²) in [6.07, 6.45) is 20.1. The molecule has 0 spiro atoms. The highest BCUT2D eigenvalue weighted by molar-refractivity contribution is 5.92. The Balaban J connectivity index is 4.28. The Labute approximate surface area is 243 Å². The molecule has 0 radical (unpaired) electrons. The van der Waals surface area contributed by atoms with E-state index in [0.717, 1.165) is 32.1 Å². The number of nitrogens with two attached hydrogens (primary N) is 3. The number of unbranched alkanes of at least 4 members (excludes halogenated alkanes) is 14. The maximum absolute atomic E-state index is 12.8. The number of hydrogen-bond donors (Lipinski definition) is 6. The average molecular weight is 569 g/mol. The SMILES string of the molecule is CCCCCCCCCCCCCCCC(=O)N[C@@H](CCCCN)C(=O)NCC(=O)N[C@@H](CCCCN)C(N)=O. The predicted molar refractivity (Wildman–Crippen MR) is 162 cm³/mol. The minimum Gasteiger partial charge on any atom is -0.368 e. The predicted octanol–water partition coefficient (Wildman–Crippen LogP) is 3.30. The molecule has 40 heavy (non-hydrogen) atoms. The summed E-state index contributed by atoms with van der Waals surface area (Å²) in [6.45, 7) is 2.94. The number of carbonyl (C=O) groups excluding carboxylic acids is 4. The number of rotatable bonds is 28. The minimum atomic E-state index is -0.809. The summed E-state index contributed by atoms with van der Waals surface area (Å²) in [5.41, 5.74) is 16.4. The Morgan fingerprint density at radius 3 is 1.50 bits per heavy atom. The Morgan fingerprint density at radius 2 is 1.02 bits per heavy atom. The molecule has 0 aliphatic carbocycles. The quantitative estimate of drug-likeness (QED) is 0.0787. The number of amides is 4. The molecule has 0 saturated carbocycles. The molecular weight excluding hydrogens is 508 g/mol. The average Bonchev–Trinajstić information content (AvgIpc) is 2.93. The monoisotopic (exact) mass is 568 g/mol. The third kappa shape index (κ3) is 22.6. The zero-order valence-corrected chi connectivity index (χ0v) is 25.3. The van der Waals surface area contributed by atoms with E-state index < -0.39 is 29.8 Å². The summed E-state index contributed by atoms with van der Waals surface area (Å²) in [7, 11) is 0. The molecular formula is C30H60N6O4. The van der Waals surface area contributed by atoms with Gasteiger partial charge in [0.15, 0.2) is 0 Å². The van der Waals surface area contributed by atoms with Crippen molar-refractivity contribution in [2.24, 2.45) is 17.2 Å². The van der Waals surface area contributed by atoms with Gasteiger partial charge in [0.1, 0.15) is 12.1 Å². The number of hydrogen-bond acceptors (Lipinski definition) is 6. The highest BCUT2D eigenvalue weighted by Gasteiger charge is 2.22. The highest BCUT2D eigenvalue weighted by Crippen LogP contribution is 2.13. The summed E-state index contributed by atoms with van der Waals surface area (Å²) in [4.78, 5) is 49.2. The first-order chi connectivity index (χ1) is 19.3. The number of primary amides is 1. The van der Waals surface area contributed by atoms with E-state index in [1.807, 2.05) is 0 Å².